The first-order chi connectivity index (χ1) is 11.9. The molecule has 1 N–H and O–H groups in total. The van der Waals surface area contributed by atoms with Gasteiger partial charge in [-0.05, 0) is 49.2 Å². The molecule has 1 amide bonds. The Morgan fingerprint density at radius 3 is 2.56 bits per heavy atom. The van der Waals surface area contributed by atoms with Crippen LogP contribution in [0.3, 0.4) is 0 Å². The van der Waals surface area contributed by atoms with Crippen molar-refractivity contribution in [2.24, 2.45) is 0 Å². The molecule has 1 aliphatic rings. The van der Waals surface area contributed by atoms with Crippen molar-refractivity contribution in [3.05, 3.63) is 58.1 Å². The molecule has 132 valence electrons. The van der Waals surface area contributed by atoms with Crippen LogP contribution in [0.4, 0.5) is 11.4 Å². The topological polar surface area (TPSA) is 66.5 Å². The second-order valence-corrected chi connectivity index (χ2v) is 8.58. The highest BCUT2D eigenvalue weighted by molar-refractivity contribution is 7.92. The maximum Gasteiger partial charge on any atom is 0.255 e. The van der Waals surface area contributed by atoms with Crippen LogP contribution in [0.15, 0.2) is 42.5 Å². The molecule has 25 heavy (non-hydrogen) atoms. The maximum absolute atomic E-state index is 12.2. The lowest BCUT2D eigenvalue weighted by molar-refractivity contribution is 0.102. The highest BCUT2D eigenvalue weighted by Crippen LogP contribution is 2.33. The number of amides is 1. The van der Waals surface area contributed by atoms with Gasteiger partial charge in [-0.2, -0.15) is 0 Å². The number of carbonyl (C=O) groups is 1. The van der Waals surface area contributed by atoms with E-state index in [0.29, 0.717) is 34.9 Å². The number of nitrogens with one attached hydrogen (secondary N) is 1. The van der Waals surface area contributed by atoms with Gasteiger partial charge in [-0.15, -0.1) is 0 Å². The van der Waals surface area contributed by atoms with Crippen LogP contribution in [0.5, 0.6) is 0 Å². The molecule has 0 radical (unpaired) electrons. The lowest BCUT2D eigenvalue weighted by Crippen LogP contribution is -2.38. The predicted molar refractivity (Wildman–Crippen MR) is 101 cm³/mol. The molecule has 1 fully saturated rings. The number of sulfonamides is 1. The molecule has 1 heterocycles. The van der Waals surface area contributed by atoms with Crippen molar-refractivity contribution in [1.29, 1.82) is 0 Å². The number of anilines is 2. The van der Waals surface area contributed by atoms with Crippen LogP contribution in [0.2, 0.25) is 10.0 Å². The molecule has 0 bridgehead atoms. The number of hydrogen-bond donors (Lipinski definition) is 1. The standard InChI is InChI=1S/C17H16Cl2N2O3S/c18-13-5-3-4-12(10-13)17(22)20-14-6-7-16(15(19)11-14)21-8-1-2-9-25(21,23)24/h3-7,10-11H,1-2,8-9H2,(H,20,22). The second-order valence-electron chi connectivity index (χ2n) is 5.73. The summed E-state index contributed by atoms with van der Waals surface area (Å²) < 4.78 is 25.7. The zero-order chi connectivity index (χ0) is 18.0. The Labute approximate surface area is 156 Å². The molecule has 0 aliphatic carbocycles. The Balaban J connectivity index is 1.81. The third-order valence-corrected chi connectivity index (χ3v) is 6.30. The molecule has 5 nitrogen and oxygen atoms in total. The van der Waals surface area contributed by atoms with E-state index in [1.54, 1.807) is 42.5 Å². The van der Waals surface area contributed by atoms with Crippen molar-refractivity contribution < 1.29 is 13.2 Å². The molecule has 2 aromatic carbocycles. The summed E-state index contributed by atoms with van der Waals surface area (Å²) in [6, 6.07) is 11.4. The van der Waals surface area contributed by atoms with Gasteiger partial charge in [0.05, 0.1) is 16.5 Å². The van der Waals surface area contributed by atoms with E-state index in [9.17, 15) is 13.2 Å². The summed E-state index contributed by atoms with van der Waals surface area (Å²) in [6.45, 7) is 0.413. The molecule has 0 atom stereocenters. The number of benzene rings is 2. The Bertz CT molecular complexity index is 916. The van der Waals surface area contributed by atoms with Gasteiger partial charge in [0.25, 0.3) is 5.91 Å². The summed E-state index contributed by atoms with van der Waals surface area (Å²) >= 11 is 12.2. The van der Waals surface area contributed by atoms with E-state index >= 15 is 0 Å². The Kier molecular flexibility index (Phi) is 5.22. The second kappa shape index (κ2) is 7.23. The van der Waals surface area contributed by atoms with Gasteiger partial charge in [0.1, 0.15) is 0 Å². The van der Waals surface area contributed by atoms with Gasteiger partial charge in [-0.3, -0.25) is 9.10 Å². The van der Waals surface area contributed by atoms with Crippen molar-refractivity contribution in [2.75, 3.05) is 21.9 Å². The maximum atomic E-state index is 12.2. The van der Waals surface area contributed by atoms with Crippen LogP contribution >= 0.6 is 23.2 Å². The predicted octanol–water partition coefficient (Wildman–Crippen LogP) is 4.18. The summed E-state index contributed by atoms with van der Waals surface area (Å²) in [5.74, 6) is -0.201. The first kappa shape index (κ1) is 18.0. The molecular formula is C17H16Cl2N2O3S. The fourth-order valence-electron chi connectivity index (χ4n) is 2.68. The molecule has 8 heteroatoms. The zero-order valence-electron chi connectivity index (χ0n) is 13.2. The van der Waals surface area contributed by atoms with Crippen LogP contribution in [0.25, 0.3) is 0 Å². The lowest BCUT2D eigenvalue weighted by Gasteiger charge is -2.29. The average Bonchev–Trinajstić information content (AvgIpc) is 2.55. The summed E-state index contributed by atoms with van der Waals surface area (Å²) in [7, 11) is -3.34. The quantitative estimate of drug-likeness (QED) is 0.842. The number of halogens is 2. The van der Waals surface area contributed by atoms with Crippen LogP contribution in [0, 0.1) is 0 Å². The first-order valence-corrected chi connectivity index (χ1v) is 10.1. The molecule has 0 saturated carbocycles. The smallest absolute Gasteiger partial charge is 0.255 e. The number of rotatable bonds is 3. The van der Waals surface area contributed by atoms with Gasteiger partial charge < -0.3 is 5.32 Å². The highest BCUT2D eigenvalue weighted by atomic mass is 35.5. The van der Waals surface area contributed by atoms with Gasteiger partial charge in [0, 0.05) is 22.8 Å². The first-order valence-electron chi connectivity index (χ1n) is 7.74. The highest BCUT2D eigenvalue weighted by Gasteiger charge is 2.27. The molecule has 0 spiro atoms. The third-order valence-electron chi connectivity index (χ3n) is 3.91. The van der Waals surface area contributed by atoms with E-state index in [1.165, 1.54) is 4.31 Å². The SMILES string of the molecule is O=C(Nc1ccc(N2CCCCS2(=O)=O)c(Cl)c1)c1cccc(Cl)c1. The number of carbonyl (C=O) groups excluding carboxylic acids is 1. The van der Waals surface area contributed by atoms with Crippen LogP contribution in [-0.4, -0.2) is 26.6 Å². The minimum Gasteiger partial charge on any atom is -0.322 e. The average molecular weight is 399 g/mol. The lowest BCUT2D eigenvalue weighted by atomic mass is 10.2. The van der Waals surface area contributed by atoms with Crippen LogP contribution in [-0.2, 0) is 10.0 Å². The van der Waals surface area contributed by atoms with Gasteiger partial charge in [0.2, 0.25) is 10.0 Å². The fourth-order valence-corrected chi connectivity index (χ4v) is 4.86. The number of hydrogen-bond acceptors (Lipinski definition) is 3. The third kappa shape index (κ3) is 4.08. The normalized spacial score (nSPS) is 16.5. The van der Waals surface area contributed by atoms with Gasteiger partial charge in [-0.25, -0.2) is 8.42 Å². The summed E-state index contributed by atoms with van der Waals surface area (Å²) in [5, 5.41) is 3.47. The summed E-state index contributed by atoms with van der Waals surface area (Å²) in [6.07, 6.45) is 1.45. The van der Waals surface area contributed by atoms with Crippen molar-refractivity contribution in [1.82, 2.24) is 0 Å². The van der Waals surface area contributed by atoms with Crippen LogP contribution < -0.4 is 9.62 Å². The fraction of sp³-hybridized carbons (Fsp3) is 0.235. The molecule has 0 aromatic heterocycles. The van der Waals surface area contributed by atoms with E-state index in [0.717, 1.165) is 6.42 Å². The largest absolute Gasteiger partial charge is 0.322 e. The minimum absolute atomic E-state index is 0.122. The van der Waals surface area contributed by atoms with E-state index in [4.69, 9.17) is 23.2 Å². The van der Waals surface area contributed by atoms with E-state index in [1.807, 2.05) is 0 Å². The van der Waals surface area contributed by atoms with Crippen molar-refractivity contribution in [3.63, 3.8) is 0 Å². The van der Waals surface area contributed by atoms with Crippen molar-refractivity contribution in [2.45, 2.75) is 12.8 Å². The molecule has 1 saturated heterocycles. The molecular weight excluding hydrogens is 383 g/mol. The molecule has 1 aliphatic heterocycles. The minimum atomic E-state index is -3.34. The van der Waals surface area contributed by atoms with Gasteiger partial charge in [-0.1, -0.05) is 29.3 Å². The van der Waals surface area contributed by atoms with Crippen LogP contribution in [0.1, 0.15) is 23.2 Å². The molecule has 2 aromatic rings. The van der Waals surface area contributed by atoms with Crippen molar-refractivity contribution >= 4 is 50.5 Å². The zero-order valence-corrected chi connectivity index (χ0v) is 15.5. The van der Waals surface area contributed by atoms with Gasteiger partial charge >= 0.3 is 0 Å². The Morgan fingerprint density at radius 2 is 1.88 bits per heavy atom. The van der Waals surface area contributed by atoms with E-state index in [-0.39, 0.29) is 16.7 Å². The molecule has 3 rings (SSSR count). The Morgan fingerprint density at radius 1 is 1.08 bits per heavy atom. The van der Waals surface area contributed by atoms with Gasteiger partial charge in [0.15, 0.2) is 0 Å². The van der Waals surface area contributed by atoms with E-state index in [2.05, 4.69) is 5.32 Å². The molecule has 0 unspecified atom stereocenters. The summed E-state index contributed by atoms with van der Waals surface area (Å²) in [4.78, 5) is 12.2. The Hall–Kier alpha value is -1.76. The number of nitrogens with zero attached hydrogens (tertiary/aromatic N) is 1. The van der Waals surface area contributed by atoms with E-state index < -0.39 is 10.0 Å². The van der Waals surface area contributed by atoms with Crippen molar-refractivity contribution in [3.8, 4) is 0 Å². The monoisotopic (exact) mass is 398 g/mol. The summed E-state index contributed by atoms with van der Waals surface area (Å²) in [5.41, 5.74) is 1.33.